The van der Waals surface area contributed by atoms with E-state index < -0.39 is 17.2 Å². The van der Waals surface area contributed by atoms with Crippen LogP contribution in [0.4, 0.5) is 4.39 Å². The van der Waals surface area contributed by atoms with E-state index in [0.29, 0.717) is 6.42 Å². The summed E-state index contributed by atoms with van der Waals surface area (Å²) in [6, 6.07) is 14.6. The van der Waals surface area contributed by atoms with Crippen molar-refractivity contribution in [1.82, 2.24) is 4.57 Å². The number of rotatable bonds is 5. The summed E-state index contributed by atoms with van der Waals surface area (Å²) in [6.07, 6.45) is 2.06. The summed E-state index contributed by atoms with van der Waals surface area (Å²) in [5, 5.41) is 0.116. The maximum Gasteiger partial charge on any atom is 0.342 e. The van der Waals surface area contributed by atoms with E-state index in [4.69, 9.17) is 4.74 Å². The van der Waals surface area contributed by atoms with Crippen molar-refractivity contribution in [2.24, 2.45) is 0 Å². The average molecular weight is 441 g/mol. The van der Waals surface area contributed by atoms with Crippen LogP contribution in [-0.2, 0) is 37.4 Å². The van der Waals surface area contributed by atoms with Gasteiger partial charge in [-0.2, -0.15) is 12.1 Å². The molecule has 137 valence electrons. The molecule has 0 spiro atoms. The normalized spacial score (nSPS) is 11.7. The minimum Gasteiger partial charge on any atom is -0.462 e. The van der Waals surface area contributed by atoms with Gasteiger partial charge >= 0.3 is 5.97 Å². The molecule has 0 saturated heterocycles. The summed E-state index contributed by atoms with van der Waals surface area (Å²) >= 11 is 0. The van der Waals surface area contributed by atoms with Crippen molar-refractivity contribution < 1.29 is 46.6 Å². The zero-order chi connectivity index (χ0) is 18.7. The van der Waals surface area contributed by atoms with E-state index in [-0.39, 0.29) is 61.8 Å². The number of esters is 1. The van der Waals surface area contributed by atoms with Gasteiger partial charge in [-0.3, -0.25) is 4.39 Å². The Kier molecular flexibility index (Phi) is 7.45. The first-order valence-electron chi connectivity index (χ1n) is 8.55. The van der Waals surface area contributed by atoms with Crippen LogP contribution in [0.1, 0.15) is 42.2 Å². The minimum atomic E-state index is -0.708. The van der Waals surface area contributed by atoms with Crippen LogP contribution in [0.5, 0.6) is 0 Å². The van der Waals surface area contributed by atoms with Crippen LogP contribution < -0.4 is 5.43 Å². The standard InChI is InChI=1S/C21H19FNO3.Y/c1-3-18(14-9-6-5-7-10-14)23-13-16(21(25)26-4-2)20(24)15-11-8-12-17(22)19(15)23;/h5-7,9-13,18H,3-4H2,1-2H3;/q-1;. The molecule has 0 aliphatic carbocycles. The Hall–Kier alpha value is -1.85. The van der Waals surface area contributed by atoms with Gasteiger partial charge in [0.1, 0.15) is 11.0 Å². The number of ether oxygens (including phenoxy) is 1. The molecule has 1 heterocycles. The topological polar surface area (TPSA) is 48.3 Å². The molecule has 0 amide bonds. The van der Waals surface area contributed by atoms with Gasteiger partial charge in [-0.1, -0.05) is 42.6 Å². The van der Waals surface area contributed by atoms with Crippen LogP contribution in [0, 0.1) is 11.9 Å². The molecule has 1 radical (unpaired) electrons. The SMILES string of the molecule is CCOC(=O)c1cn(C(CC)c2ccccc2)c2c(F)c[c-]cc2c1=O.[Y]. The molecule has 0 N–H and O–H groups in total. The van der Waals surface area contributed by atoms with E-state index in [1.165, 1.54) is 18.3 Å². The van der Waals surface area contributed by atoms with Crippen LogP contribution in [0.15, 0.2) is 53.5 Å². The third-order valence-corrected chi connectivity index (χ3v) is 4.34. The Morgan fingerprint density at radius 2 is 1.93 bits per heavy atom. The van der Waals surface area contributed by atoms with Gasteiger partial charge in [-0.05, 0) is 24.4 Å². The van der Waals surface area contributed by atoms with E-state index in [9.17, 15) is 14.0 Å². The molecule has 4 nitrogen and oxygen atoms in total. The zero-order valence-corrected chi connectivity index (χ0v) is 18.1. The first-order chi connectivity index (χ1) is 12.6. The van der Waals surface area contributed by atoms with Crippen molar-refractivity contribution in [3.8, 4) is 0 Å². The number of aromatic nitrogens is 1. The first kappa shape index (κ1) is 21.5. The van der Waals surface area contributed by atoms with Crippen molar-refractivity contribution in [1.29, 1.82) is 0 Å². The van der Waals surface area contributed by atoms with Crippen LogP contribution >= 0.6 is 0 Å². The maximum atomic E-state index is 14.6. The molecule has 0 fully saturated rings. The summed E-state index contributed by atoms with van der Waals surface area (Å²) < 4.78 is 21.3. The van der Waals surface area contributed by atoms with E-state index in [0.717, 1.165) is 5.56 Å². The Morgan fingerprint density at radius 3 is 2.56 bits per heavy atom. The minimum absolute atomic E-state index is 0. The second-order valence-electron chi connectivity index (χ2n) is 5.90. The second-order valence-corrected chi connectivity index (χ2v) is 5.90. The summed E-state index contributed by atoms with van der Waals surface area (Å²) in [5.41, 5.74) is 0.473. The Labute approximate surface area is 182 Å². The summed E-state index contributed by atoms with van der Waals surface area (Å²) in [6.45, 7) is 3.80. The molecule has 2 aromatic carbocycles. The quantitative estimate of drug-likeness (QED) is 0.442. The van der Waals surface area contributed by atoms with Gasteiger partial charge in [-0.15, -0.1) is 6.07 Å². The summed E-state index contributed by atoms with van der Waals surface area (Å²) in [4.78, 5) is 25.0. The molecule has 3 rings (SSSR count). The van der Waals surface area contributed by atoms with Gasteiger partial charge in [0, 0.05) is 44.7 Å². The van der Waals surface area contributed by atoms with Crippen molar-refractivity contribution in [3.63, 3.8) is 0 Å². The van der Waals surface area contributed by atoms with Gasteiger partial charge in [-0.25, -0.2) is 4.79 Å². The number of carbonyl (C=O) groups is 1. The number of hydrogen-bond donors (Lipinski definition) is 0. The number of halogens is 1. The van der Waals surface area contributed by atoms with E-state index in [2.05, 4.69) is 6.07 Å². The fraction of sp³-hybridized carbons (Fsp3) is 0.238. The number of carbonyl (C=O) groups excluding carboxylic acids is 1. The Bertz CT molecular complexity index is 1000. The Morgan fingerprint density at radius 1 is 1.22 bits per heavy atom. The molecule has 1 aromatic heterocycles. The van der Waals surface area contributed by atoms with Crippen molar-refractivity contribution in [3.05, 3.63) is 81.9 Å². The molecule has 6 heteroatoms. The molecule has 0 bridgehead atoms. The molecule has 0 aliphatic heterocycles. The van der Waals surface area contributed by atoms with Crippen LogP contribution in [0.25, 0.3) is 10.9 Å². The van der Waals surface area contributed by atoms with Crippen molar-refractivity contribution >= 4 is 16.9 Å². The van der Waals surface area contributed by atoms with Crippen LogP contribution in [0.3, 0.4) is 0 Å². The molecule has 0 saturated carbocycles. The van der Waals surface area contributed by atoms with E-state index in [1.54, 1.807) is 11.5 Å². The number of nitrogens with zero attached hydrogens (tertiary/aromatic N) is 1. The summed E-state index contributed by atoms with van der Waals surface area (Å²) in [7, 11) is 0. The molecular formula is C21H19FNO3Y-. The largest absolute Gasteiger partial charge is 0.462 e. The maximum absolute atomic E-state index is 14.6. The number of benzene rings is 2. The number of fused-ring (bicyclic) bond motifs is 1. The Balaban J connectivity index is 0.00000261. The molecule has 27 heavy (non-hydrogen) atoms. The number of pyridine rings is 1. The third kappa shape index (κ3) is 4.20. The predicted molar refractivity (Wildman–Crippen MR) is 97.8 cm³/mol. The first-order valence-corrected chi connectivity index (χ1v) is 8.55. The average Bonchev–Trinajstić information content (AvgIpc) is 2.65. The third-order valence-electron chi connectivity index (χ3n) is 4.34. The fourth-order valence-corrected chi connectivity index (χ4v) is 3.17. The summed E-state index contributed by atoms with van der Waals surface area (Å²) in [5.74, 6) is -1.26. The monoisotopic (exact) mass is 441 g/mol. The van der Waals surface area contributed by atoms with Gasteiger partial charge in [0.15, 0.2) is 0 Å². The zero-order valence-electron chi connectivity index (χ0n) is 15.2. The predicted octanol–water partition coefficient (Wildman–Crippen LogP) is 4.11. The second kappa shape index (κ2) is 9.38. The molecule has 0 aliphatic rings. The van der Waals surface area contributed by atoms with Gasteiger partial charge in [0.25, 0.3) is 0 Å². The van der Waals surface area contributed by atoms with Crippen molar-refractivity contribution in [2.75, 3.05) is 6.61 Å². The number of hydrogen-bond acceptors (Lipinski definition) is 3. The van der Waals surface area contributed by atoms with Gasteiger partial charge in [0.05, 0.1) is 12.6 Å². The van der Waals surface area contributed by atoms with Crippen LogP contribution in [0.2, 0.25) is 0 Å². The van der Waals surface area contributed by atoms with E-state index in [1.807, 2.05) is 37.3 Å². The molecule has 1 unspecified atom stereocenters. The van der Waals surface area contributed by atoms with Crippen LogP contribution in [-0.4, -0.2) is 17.1 Å². The smallest absolute Gasteiger partial charge is 0.342 e. The molecular weight excluding hydrogens is 422 g/mol. The van der Waals surface area contributed by atoms with Crippen molar-refractivity contribution in [2.45, 2.75) is 26.3 Å². The fourth-order valence-electron chi connectivity index (χ4n) is 3.17. The van der Waals surface area contributed by atoms with E-state index >= 15 is 0 Å². The molecule has 3 aromatic rings. The van der Waals surface area contributed by atoms with Gasteiger partial charge in [0.2, 0.25) is 0 Å². The molecule has 1 atom stereocenters. The van der Waals surface area contributed by atoms with Gasteiger partial charge < -0.3 is 14.1 Å².